The van der Waals surface area contributed by atoms with Crippen LogP contribution in [0.25, 0.3) is 0 Å². The highest BCUT2D eigenvalue weighted by atomic mass is 16.2. The molecular formula is C10H19N3O. The fourth-order valence-corrected chi connectivity index (χ4v) is 2.25. The molecule has 4 heteroatoms. The van der Waals surface area contributed by atoms with Gasteiger partial charge in [-0.15, -0.1) is 0 Å². The summed E-state index contributed by atoms with van der Waals surface area (Å²) in [6.45, 7) is 6.89. The summed E-state index contributed by atoms with van der Waals surface area (Å²) in [4.78, 5) is 13.8. The number of rotatable bonds is 2. The van der Waals surface area contributed by atoms with Gasteiger partial charge < -0.3 is 15.5 Å². The molecule has 1 amide bonds. The van der Waals surface area contributed by atoms with E-state index in [2.05, 4.69) is 10.6 Å². The smallest absolute Gasteiger partial charge is 0.239 e. The number of nitrogens with one attached hydrogen (secondary N) is 2. The molecule has 2 fully saturated rings. The van der Waals surface area contributed by atoms with Gasteiger partial charge >= 0.3 is 0 Å². The molecule has 2 heterocycles. The number of piperazine rings is 1. The van der Waals surface area contributed by atoms with Gasteiger partial charge in [0.1, 0.15) is 0 Å². The zero-order valence-electron chi connectivity index (χ0n) is 8.75. The van der Waals surface area contributed by atoms with Crippen LogP contribution >= 0.6 is 0 Å². The first-order valence-corrected chi connectivity index (χ1v) is 5.50. The molecule has 14 heavy (non-hydrogen) atoms. The lowest BCUT2D eigenvalue weighted by Gasteiger charge is -2.33. The molecule has 2 aliphatic rings. The van der Waals surface area contributed by atoms with Gasteiger partial charge in [0, 0.05) is 19.6 Å². The van der Waals surface area contributed by atoms with E-state index >= 15 is 0 Å². The Labute approximate surface area is 85.0 Å². The van der Waals surface area contributed by atoms with E-state index in [0.29, 0.717) is 5.92 Å². The molecule has 0 spiro atoms. The van der Waals surface area contributed by atoms with Crippen molar-refractivity contribution in [3.63, 3.8) is 0 Å². The Morgan fingerprint density at radius 1 is 1.50 bits per heavy atom. The second-order valence-electron chi connectivity index (χ2n) is 4.32. The molecule has 0 aliphatic carbocycles. The molecule has 2 rings (SSSR count). The van der Waals surface area contributed by atoms with Crippen molar-refractivity contribution in [2.75, 3.05) is 32.7 Å². The summed E-state index contributed by atoms with van der Waals surface area (Å²) < 4.78 is 0. The molecule has 0 aromatic rings. The first kappa shape index (κ1) is 9.93. The van der Waals surface area contributed by atoms with Gasteiger partial charge in [0.15, 0.2) is 0 Å². The summed E-state index contributed by atoms with van der Waals surface area (Å²) in [5.41, 5.74) is 0. The van der Waals surface area contributed by atoms with Gasteiger partial charge in [-0.2, -0.15) is 0 Å². The second-order valence-corrected chi connectivity index (χ2v) is 4.32. The molecule has 80 valence electrons. The van der Waals surface area contributed by atoms with Crippen molar-refractivity contribution in [3.05, 3.63) is 0 Å². The molecule has 2 N–H and O–H groups in total. The number of amides is 1. The van der Waals surface area contributed by atoms with Gasteiger partial charge in [-0.1, -0.05) is 0 Å². The van der Waals surface area contributed by atoms with Crippen LogP contribution < -0.4 is 10.6 Å². The average Bonchev–Trinajstić information content (AvgIpc) is 2.66. The standard InChI is InChI=1S/C10H19N3O/c1-8-10(14)13(5-4-12-8)7-9-2-3-11-6-9/h8-9,11-12H,2-7H2,1H3. The molecular weight excluding hydrogens is 178 g/mol. The molecule has 4 nitrogen and oxygen atoms in total. The van der Waals surface area contributed by atoms with Crippen LogP contribution in [0.3, 0.4) is 0 Å². The maximum absolute atomic E-state index is 11.8. The van der Waals surface area contributed by atoms with Gasteiger partial charge in [-0.3, -0.25) is 4.79 Å². The molecule has 0 bridgehead atoms. The van der Waals surface area contributed by atoms with Crippen LogP contribution in [0.2, 0.25) is 0 Å². The molecule has 2 unspecified atom stereocenters. The van der Waals surface area contributed by atoms with Crippen molar-refractivity contribution < 1.29 is 4.79 Å². The number of nitrogens with zero attached hydrogens (tertiary/aromatic N) is 1. The molecule has 0 radical (unpaired) electrons. The Morgan fingerprint density at radius 2 is 2.36 bits per heavy atom. The second kappa shape index (κ2) is 4.28. The molecule has 0 aromatic heterocycles. The van der Waals surface area contributed by atoms with Crippen molar-refractivity contribution in [1.82, 2.24) is 15.5 Å². The van der Waals surface area contributed by atoms with Gasteiger partial charge in [-0.05, 0) is 32.4 Å². The van der Waals surface area contributed by atoms with E-state index in [9.17, 15) is 4.79 Å². The Bertz CT molecular complexity index is 213. The summed E-state index contributed by atoms with van der Waals surface area (Å²) in [5.74, 6) is 0.937. The highest BCUT2D eigenvalue weighted by Crippen LogP contribution is 2.11. The number of hydrogen-bond acceptors (Lipinski definition) is 3. The Morgan fingerprint density at radius 3 is 3.07 bits per heavy atom. The van der Waals surface area contributed by atoms with E-state index in [1.54, 1.807) is 0 Å². The zero-order valence-corrected chi connectivity index (χ0v) is 8.75. The van der Waals surface area contributed by atoms with E-state index in [1.165, 1.54) is 6.42 Å². The lowest BCUT2D eigenvalue weighted by atomic mass is 10.1. The summed E-state index contributed by atoms with van der Waals surface area (Å²) in [5, 5.41) is 6.51. The third kappa shape index (κ3) is 2.07. The van der Waals surface area contributed by atoms with E-state index in [0.717, 1.165) is 32.7 Å². The van der Waals surface area contributed by atoms with Crippen LogP contribution in [0.4, 0.5) is 0 Å². The topological polar surface area (TPSA) is 44.4 Å². The number of carbonyl (C=O) groups excluding carboxylic acids is 1. The maximum Gasteiger partial charge on any atom is 0.239 e. The van der Waals surface area contributed by atoms with Gasteiger partial charge in [0.05, 0.1) is 6.04 Å². The summed E-state index contributed by atoms with van der Waals surface area (Å²) in [6, 6.07) is 0.0121. The van der Waals surface area contributed by atoms with Crippen LogP contribution in [0.1, 0.15) is 13.3 Å². The van der Waals surface area contributed by atoms with Crippen molar-refractivity contribution in [1.29, 1.82) is 0 Å². The van der Waals surface area contributed by atoms with Crippen molar-refractivity contribution in [3.8, 4) is 0 Å². The molecule has 2 atom stereocenters. The monoisotopic (exact) mass is 197 g/mol. The minimum atomic E-state index is 0.0121. The SMILES string of the molecule is CC1NCCN(CC2CCNC2)C1=O. The van der Waals surface area contributed by atoms with Crippen LogP contribution in [-0.4, -0.2) is 49.6 Å². The third-order valence-corrected chi connectivity index (χ3v) is 3.16. The summed E-state index contributed by atoms with van der Waals surface area (Å²) >= 11 is 0. The number of carbonyl (C=O) groups is 1. The fraction of sp³-hybridized carbons (Fsp3) is 0.900. The summed E-state index contributed by atoms with van der Waals surface area (Å²) in [6.07, 6.45) is 1.21. The van der Waals surface area contributed by atoms with Crippen molar-refractivity contribution in [2.45, 2.75) is 19.4 Å². The van der Waals surface area contributed by atoms with Crippen LogP contribution in [0.5, 0.6) is 0 Å². The predicted molar refractivity (Wildman–Crippen MR) is 55.0 cm³/mol. The van der Waals surface area contributed by atoms with Crippen LogP contribution in [-0.2, 0) is 4.79 Å². The van der Waals surface area contributed by atoms with Crippen LogP contribution in [0.15, 0.2) is 0 Å². The Kier molecular flexibility index (Phi) is 3.03. The number of hydrogen-bond donors (Lipinski definition) is 2. The van der Waals surface area contributed by atoms with E-state index < -0.39 is 0 Å². The van der Waals surface area contributed by atoms with Crippen molar-refractivity contribution >= 4 is 5.91 Å². The van der Waals surface area contributed by atoms with Crippen LogP contribution in [0, 0.1) is 5.92 Å². The third-order valence-electron chi connectivity index (χ3n) is 3.16. The molecule has 2 saturated heterocycles. The zero-order chi connectivity index (χ0) is 9.97. The largest absolute Gasteiger partial charge is 0.340 e. The Hall–Kier alpha value is -0.610. The molecule has 2 aliphatic heterocycles. The minimum Gasteiger partial charge on any atom is -0.340 e. The van der Waals surface area contributed by atoms with Gasteiger partial charge in [-0.25, -0.2) is 0 Å². The first-order valence-electron chi connectivity index (χ1n) is 5.50. The normalized spacial score (nSPS) is 33.8. The molecule has 0 saturated carbocycles. The molecule has 0 aromatic carbocycles. The van der Waals surface area contributed by atoms with E-state index in [-0.39, 0.29) is 11.9 Å². The first-order chi connectivity index (χ1) is 6.77. The predicted octanol–water partition coefficient (Wildman–Crippen LogP) is -0.584. The average molecular weight is 197 g/mol. The lowest BCUT2D eigenvalue weighted by Crippen LogP contribution is -2.54. The van der Waals surface area contributed by atoms with Gasteiger partial charge in [0.25, 0.3) is 0 Å². The van der Waals surface area contributed by atoms with Gasteiger partial charge in [0.2, 0.25) is 5.91 Å². The fourth-order valence-electron chi connectivity index (χ4n) is 2.25. The maximum atomic E-state index is 11.8. The van der Waals surface area contributed by atoms with E-state index in [1.807, 2.05) is 11.8 Å². The lowest BCUT2D eigenvalue weighted by molar-refractivity contribution is -0.135. The minimum absolute atomic E-state index is 0.0121. The highest BCUT2D eigenvalue weighted by Gasteiger charge is 2.27. The highest BCUT2D eigenvalue weighted by molar-refractivity contribution is 5.82. The van der Waals surface area contributed by atoms with E-state index in [4.69, 9.17) is 0 Å². The summed E-state index contributed by atoms with van der Waals surface area (Å²) in [7, 11) is 0. The van der Waals surface area contributed by atoms with Crippen molar-refractivity contribution in [2.24, 2.45) is 5.92 Å². The Balaban J connectivity index is 1.86. The quantitative estimate of drug-likeness (QED) is 0.622.